The van der Waals surface area contributed by atoms with Crippen molar-refractivity contribution >= 4 is 88.3 Å². The van der Waals surface area contributed by atoms with E-state index in [9.17, 15) is 0 Å². The van der Waals surface area contributed by atoms with Crippen LogP contribution in [-0.2, 0) is 0 Å². The summed E-state index contributed by atoms with van der Waals surface area (Å²) in [6, 6.07) is 68.4. The standard InChI is InChI=1S/C46H33N3.C18H20N2/c1-30(48-46-41-20-8-6-17-38(41)37-16-5-7-19-40(37)45(46)47)34-14-11-15-36(28-34)49-43-21-10-9-18-39(43)42-29-35(26-27-44(42)49)33-24-22-32(23-25-33)31-12-3-2-4-13-31;1-6-11(2)14(5)20-18-13(4)12(3)15-9-7-8-10-16(15)17(18)19/h2-29H,47H2,1H3;6-10H,1-2,19H2,3-5H3. The number of nitrogen functional groups attached to an aromatic ring is 2. The minimum Gasteiger partial charge on any atom is -0.396 e. The van der Waals surface area contributed by atoms with Gasteiger partial charge in [-0.05, 0) is 119 Å². The summed E-state index contributed by atoms with van der Waals surface area (Å²) in [4.78, 5) is 9.87. The van der Waals surface area contributed by atoms with Crippen molar-refractivity contribution in [3.8, 4) is 27.9 Å². The van der Waals surface area contributed by atoms with E-state index >= 15 is 0 Å². The molecule has 334 valence electrons. The monoisotopic (exact) mass is 891 g/mol. The van der Waals surface area contributed by atoms with Crippen molar-refractivity contribution in [3.05, 3.63) is 236 Å². The molecule has 0 aliphatic rings. The summed E-state index contributed by atoms with van der Waals surface area (Å²) in [7, 11) is 0. The second-order valence-corrected chi connectivity index (χ2v) is 17.6. The minimum atomic E-state index is 0.706. The lowest BCUT2D eigenvalue weighted by molar-refractivity contribution is 1.18. The van der Waals surface area contributed by atoms with Gasteiger partial charge in [0.1, 0.15) is 0 Å². The molecule has 1 heterocycles. The third-order valence-corrected chi connectivity index (χ3v) is 13.5. The van der Waals surface area contributed by atoms with Crippen molar-refractivity contribution in [2.75, 3.05) is 11.5 Å². The first-order chi connectivity index (χ1) is 33.6. The van der Waals surface area contributed by atoms with Gasteiger partial charge in [-0.1, -0.05) is 183 Å². The van der Waals surface area contributed by atoms with Crippen molar-refractivity contribution in [1.29, 1.82) is 0 Å². The first-order valence-electron chi connectivity index (χ1n) is 23.3. The zero-order chi connectivity index (χ0) is 47.8. The number of hydrogen-bond donors (Lipinski definition) is 2. The van der Waals surface area contributed by atoms with Crippen molar-refractivity contribution < 1.29 is 0 Å². The molecule has 0 unspecified atom stereocenters. The molecule has 0 spiro atoms. The summed E-state index contributed by atoms with van der Waals surface area (Å²) in [5.41, 5.74) is 30.4. The molecule has 11 aromatic rings. The van der Waals surface area contributed by atoms with Crippen LogP contribution in [0.4, 0.5) is 22.7 Å². The molecule has 0 fully saturated rings. The van der Waals surface area contributed by atoms with Crippen LogP contribution < -0.4 is 11.5 Å². The fourth-order valence-corrected chi connectivity index (χ4v) is 9.57. The second kappa shape index (κ2) is 18.5. The number of aryl methyl sites for hydroxylation is 1. The number of hydrogen-bond acceptors (Lipinski definition) is 4. The number of nitrogens with two attached hydrogens (primary N) is 2. The number of anilines is 2. The Balaban J connectivity index is 0.000000232. The maximum absolute atomic E-state index is 6.82. The Kier molecular flexibility index (Phi) is 11.8. The Morgan fingerprint density at radius 1 is 0.449 bits per heavy atom. The SMILES string of the molecule is C=CC(=C)C(C)=Nc1c(C)c(C)c2ccccc2c1N.CC(=Nc1c(N)c2ccccc2c2ccccc12)c1cccc(-n2c3ccccc3c3cc(-c4ccc(-c5ccccc5)cc4)ccc32)c1. The molecule has 0 radical (unpaired) electrons. The molecule has 10 aromatic carbocycles. The molecule has 5 nitrogen and oxygen atoms in total. The van der Waals surface area contributed by atoms with E-state index in [4.69, 9.17) is 16.5 Å². The molecule has 69 heavy (non-hydrogen) atoms. The number of para-hydroxylation sites is 1. The molecule has 0 bridgehead atoms. The van der Waals surface area contributed by atoms with Crippen molar-refractivity contribution in [2.45, 2.75) is 27.7 Å². The number of nitrogens with zero attached hydrogens (tertiary/aromatic N) is 3. The van der Waals surface area contributed by atoms with Crippen LogP contribution in [0.2, 0.25) is 0 Å². The van der Waals surface area contributed by atoms with Crippen molar-refractivity contribution in [1.82, 2.24) is 4.57 Å². The molecule has 4 N–H and O–H groups in total. The van der Waals surface area contributed by atoms with Crippen molar-refractivity contribution in [3.63, 3.8) is 0 Å². The predicted molar refractivity (Wildman–Crippen MR) is 299 cm³/mol. The predicted octanol–water partition coefficient (Wildman–Crippen LogP) is 17.0. The van der Waals surface area contributed by atoms with Crippen LogP contribution in [-0.4, -0.2) is 16.0 Å². The molecule has 0 amide bonds. The third kappa shape index (κ3) is 8.15. The molecule has 0 saturated carbocycles. The third-order valence-electron chi connectivity index (χ3n) is 13.5. The smallest absolute Gasteiger partial charge is 0.0947 e. The Morgan fingerprint density at radius 2 is 0.957 bits per heavy atom. The maximum Gasteiger partial charge on any atom is 0.0947 e. The fourth-order valence-electron chi connectivity index (χ4n) is 9.57. The largest absolute Gasteiger partial charge is 0.396 e. The lowest BCUT2D eigenvalue weighted by Gasteiger charge is -2.14. The highest BCUT2D eigenvalue weighted by molar-refractivity contribution is 6.20. The molecule has 11 rings (SSSR count). The molecule has 0 atom stereocenters. The molecular weight excluding hydrogens is 839 g/mol. The van der Waals surface area contributed by atoms with Crippen LogP contribution in [0.5, 0.6) is 0 Å². The Hall–Kier alpha value is -8.80. The topological polar surface area (TPSA) is 81.7 Å². The second-order valence-electron chi connectivity index (χ2n) is 17.6. The molecule has 1 aromatic heterocycles. The summed E-state index contributed by atoms with van der Waals surface area (Å²) < 4.78 is 2.36. The van der Waals surface area contributed by atoms with Gasteiger partial charge in [0.2, 0.25) is 0 Å². The van der Waals surface area contributed by atoms with Crippen LogP contribution >= 0.6 is 0 Å². The Bertz CT molecular complexity index is 3870. The van der Waals surface area contributed by atoms with Gasteiger partial charge in [0.25, 0.3) is 0 Å². The first kappa shape index (κ1) is 44.1. The van der Waals surface area contributed by atoms with Gasteiger partial charge in [-0.3, -0.25) is 9.98 Å². The maximum atomic E-state index is 6.82. The van der Waals surface area contributed by atoms with E-state index in [1.165, 1.54) is 55.0 Å². The number of aliphatic imine (C=N–C) groups is 2. The van der Waals surface area contributed by atoms with Gasteiger partial charge in [-0.2, -0.15) is 0 Å². The van der Waals surface area contributed by atoms with E-state index in [0.29, 0.717) is 5.69 Å². The zero-order valence-electron chi connectivity index (χ0n) is 39.5. The van der Waals surface area contributed by atoms with E-state index < -0.39 is 0 Å². The number of rotatable bonds is 8. The van der Waals surface area contributed by atoms with E-state index in [2.05, 4.69) is 213 Å². The van der Waals surface area contributed by atoms with E-state index in [0.717, 1.165) is 77.8 Å². The van der Waals surface area contributed by atoms with E-state index in [-0.39, 0.29) is 0 Å². The number of aromatic nitrogens is 1. The summed E-state index contributed by atoms with van der Waals surface area (Å²) in [6.07, 6.45) is 1.71. The van der Waals surface area contributed by atoms with Gasteiger partial charge in [-0.15, -0.1) is 0 Å². The summed E-state index contributed by atoms with van der Waals surface area (Å²) in [6.45, 7) is 15.8. The summed E-state index contributed by atoms with van der Waals surface area (Å²) in [5, 5.41) is 9.07. The lowest BCUT2D eigenvalue weighted by atomic mass is 9.97. The molecule has 5 heteroatoms. The quantitative estimate of drug-likeness (QED) is 0.0689. The van der Waals surface area contributed by atoms with Crippen LogP contribution in [0.3, 0.4) is 0 Å². The number of benzene rings is 10. The minimum absolute atomic E-state index is 0.706. The van der Waals surface area contributed by atoms with Crippen LogP contribution in [0.1, 0.15) is 30.5 Å². The first-order valence-corrected chi connectivity index (χ1v) is 23.3. The highest BCUT2D eigenvalue weighted by Crippen LogP contribution is 2.42. The van der Waals surface area contributed by atoms with Gasteiger partial charge in [-0.25, -0.2) is 0 Å². The molecule has 0 aliphatic heterocycles. The van der Waals surface area contributed by atoms with Gasteiger partial charge in [0, 0.05) is 44.0 Å². The van der Waals surface area contributed by atoms with Crippen LogP contribution in [0.15, 0.2) is 229 Å². The van der Waals surface area contributed by atoms with E-state index in [1.54, 1.807) is 6.08 Å². The number of allylic oxidation sites excluding steroid dienone is 2. The average molecular weight is 892 g/mol. The average Bonchev–Trinajstić information content (AvgIpc) is 3.74. The lowest BCUT2D eigenvalue weighted by Crippen LogP contribution is -2.00. The van der Waals surface area contributed by atoms with E-state index in [1.807, 2.05) is 31.2 Å². The summed E-state index contributed by atoms with van der Waals surface area (Å²) in [5.74, 6) is 0. The highest BCUT2D eigenvalue weighted by Gasteiger charge is 2.17. The van der Waals surface area contributed by atoms with Gasteiger partial charge in [0.05, 0.1) is 33.8 Å². The Labute approximate surface area is 403 Å². The molecule has 0 aliphatic carbocycles. The van der Waals surface area contributed by atoms with Gasteiger partial charge >= 0.3 is 0 Å². The highest BCUT2D eigenvalue weighted by atomic mass is 15.0. The Morgan fingerprint density at radius 3 is 1.64 bits per heavy atom. The normalized spacial score (nSPS) is 11.9. The van der Waals surface area contributed by atoms with Gasteiger partial charge < -0.3 is 16.0 Å². The zero-order valence-corrected chi connectivity index (χ0v) is 39.5. The van der Waals surface area contributed by atoms with Crippen LogP contribution in [0.25, 0.3) is 82.1 Å². The van der Waals surface area contributed by atoms with Gasteiger partial charge in [0.15, 0.2) is 0 Å². The molecular formula is C64H53N5. The van der Waals surface area contributed by atoms with Crippen molar-refractivity contribution in [2.24, 2.45) is 9.98 Å². The molecule has 0 saturated heterocycles. The van der Waals surface area contributed by atoms with Crippen LogP contribution in [0, 0.1) is 13.8 Å². The number of fused-ring (bicyclic) bond motifs is 7. The fraction of sp³-hybridized carbons (Fsp3) is 0.0625. The summed E-state index contributed by atoms with van der Waals surface area (Å²) >= 11 is 0.